The van der Waals surface area contributed by atoms with Crippen molar-refractivity contribution < 1.29 is 18.6 Å². The quantitative estimate of drug-likeness (QED) is 0.496. The molecule has 3 rings (SSSR count). The van der Waals surface area contributed by atoms with Crippen LogP contribution in [-0.2, 0) is 13.1 Å². The minimum atomic E-state index is -0.370. The average Bonchev–Trinajstić information content (AvgIpc) is 3.22. The Morgan fingerprint density at radius 3 is 2.42 bits per heavy atom. The summed E-state index contributed by atoms with van der Waals surface area (Å²) in [5.74, 6) is 2.16. The van der Waals surface area contributed by atoms with Crippen molar-refractivity contribution in [1.82, 2.24) is 15.5 Å². The Bertz CT molecular complexity index is 884. The van der Waals surface area contributed by atoms with Gasteiger partial charge < -0.3 is 24.8 Å². The molecule has 1 fully saturated rings. The summed E-state index contributed by atoms with van der Waals surface area (Å²) in [6.07, 6.45) is 1.01. The van der Waals surface area contributed by atoms with Crippen LogP contribution in [0.2, 0.25) is 0 Å². The normalized spacial score (nSPS) is 16.8. The van der Waals surface area contributed by atoms with E-state index in [2.05, 4.69) is 20.5 Å². The highest BCUT2D eigenvalue weighted by atomic mass is 19.1. The minimum Gasteiger partial charge on any atom is -0.497 e. The van der Waals surface area contributed by atoms with Gasteiger partial charge >= 0.3 is 0 Å². The van der Waals surface area contributed by atoms with Crippen LogP contribution in [0.3, 0.4) is 0 Å². The van der Waals surface area contributed by atoms with E-state index in [4.69, 9.17) is 14.2 Å². The number of rotatable bonds is 8. The Morgan fingerprint density at radius 1 is 1.06 bits per heavy atom. The molecular formula is C23H31FN4O3. The lowest BCUT2D eigenvalue weighted by atomic mass is 10.2. The van der Waals surface area contributed by atoms with Crippen molar-refractivity contribution >= 4 is 5.96 Å². The van der Waals surface area contributed by atoms with Gasteiger partial charge in [0.25, 0.3) is 0 Å². The zero-order chi connectivity index (χ0) is 22.2. The summed E-state index contributed by atoms with van der Waals surface area (Å²) in [5.41, 5.74) is 1.97. The van der Waals surface area contributed by atoms with Crippen LogP contribution in [0.5, 0.6) is 17.2 Å². The van der Waals surface area contributed by atoms with Gasteiger partial charge in [0.1, 0.15) is 11.5 Å². The topological polar surface area (TPSA) is 67.4 Å². The van der Waals surface area contributed by atoms with Crippen molar-refractivity contribution in [1.29, 1.82) is 0 Å². The van der Waals surface area contributed by atoms with E-state index in [-0.39, 0.29) is 17.6 Å². The molecule has 0 bridgehead atoms. The largest absolute Gasteiger partial charge is 0.497 e. The summed E-state index contributed by atoms with van der Waals surface area (Å²) >= 11 is 0. The third kappa shape index (κ3) is 6.24. The van der Waals surface area contributed by atoms with Crippen molar-refractivity contribution in [3.63, 3.8) is 0 Å². The lowest BCUT2D eigenvalue weighted by Gasteiger charge is -2.19. The Balaban J connectivity index is 1.51. The van der Waals surface area contributed by atoms with Gasteiger partial charge in [0, 0.05) is 45.3 Å². The van der Waals surface area contributed by atoms with E-state index >= 15 is 0 Å². The van der Waals surface area contributed by atoms with Gasteiger partial charge in [-0.05, 0) is 41.8 Å². The molecule has 1 heterocycles. The van der Waals surface area contributed by atoms with Gasteiger partial charge in [0.05, 0.1) is 21.3 Å². The first-order valence-electron chi connectivity index (χ1n) is 10.3. The molecule has 0 radical (unpaired) electrons. The smallest absolute Gasteiger partial charge is 0.191 e. The molecule has 2 aromatic rings. The highest BCUT2D eigenvalue weighted by Gasteiger charge is 2.23. The molecule has 1 unspecified atom stereocenters. The zero-order valence-corrected chi connectivity index (χ0v) is 18.6. The second kappa shape index (κ2) is 10.9. The molecule has 7 nitrogen and oxygen atoms in total. The SMILES string of the molecule is CN=C(NCc1ccc(OC)c(F)c1)NC1CCN(Cc2cc(OC)cc(OC)c2)C1. The number of nitrogens with zero attached hydrogens (tertiary/aromatic N) is 2. The first-order valence-corrected chi connectivity index (χ1v) is 10.3. The third-order valence-corrected chi connectivity index (χ3v) is 5.33. The number of hydrogen-bond donors (Lipinski definition) is 2. The van der Waals surface area contributed by atoms with Gasteiger partial charge in [-0.25, -0.2) is 4.39 Å². The zero-order valence-electron chi connectivity index (χ0n) is 18.6. The monoisotopic (exact) mass is 430 g/mol. The lowest BCUT2D eigenvalue weighted by Crippen LogP contribution is -2.44. The van der Waals surface area contributed by atoms with Crippen LogP contribution in [0.4, 0.5) is 4.39 Å². The van der Waals surface area contributed by atoms with E-state index in [9.17, 15) is 4.39 Å². The van der Waals surface area contributed by atoms with Crippen molar-refractivity contribution in [2.75, 3.05) is 41.5 Å². The molecule has 0 aliphatic carbocycles. The summed E-state index contributed by atoms with van der Waals surface area (Å²) in [5, 5.41) is 6.72. The van der Waals surface area contributed by atoms with E-state index in [1.807, 2.05) is 24.3 Å². The first-order chi connectivity index (χ1) is 15.0. The van der Waals surface area contributed by atoms with Crippen LogP contribution in [0, 0.1) is 5.82 Å². The number of halogens is 1. The van der Waals surface area contributed by atoms with Crippen LogP contribution in [0.1, 0.15) is 17.5 Å². The fraction of sp³-hybridized carbons (Fsp3) is 0.435. The van der Waals surface area contributed by atoms with Gasteiger partial charge in [0.2, 0.25) is 0 Å². The highest BCUT2D eigenvalue weighted by Crippen LogP contribution is 2.24. The number of ether oxygens (including phenoxy) is 3. The second-order valence-corrected chi connectivity index (χ2v) is 7.48. The van der Waals surface area contributed by atoms with Crippen LogP contribution in [0.25, 0.3) is 0 Å². The van der Waals surface area contributed by atoms with Crippen molar-refractivity contribution in [2.24, 2.45) is 4.99 Å². The standard InChI is InChI=1S/C23H31FN4O3/c1-25-23(26-13-16-5-6-22(31-4)21(24)11-16)27-18-7-8-28(15-18)14-17-9-19(29-2)12-20(10-17)30-3/h5-6,9-12,18H,7-8,13-15H2,1-4H3,(H2,25,26,27). The second-order valence-electron chi connectivity index (χ2n) is 7.48. The fourth-order valence-electron chi connectivity index (χ4n) is 3.70. The molecule has 0 aromatic heterocycles. The number of guanidine groups is 1. The van der Waals surface area contributed by atoms with Crippen LogP contribution >= 0.6 is 0 Å². The number of methoxy groups -OCH3 is 3. The fourth-order valence-corrected chi connectivity index (χ4v) is 3.70. The first kappa shape index (κ1) is 22.7. The predicted molar refractivity (Wildman–Crippen MR) is 120 cm³/mol. The summed E-state index contributed by atoms with van der Waals surface area (Å²) in [4.78, 5) is 6.69. The molecule has 1 aliphatic heterocycles. The lowest BCUT2D eigenvalue weighted by molar-refractivity contribution is 0.321. The van der Waals surface area contributed by atoms with Gasteiger partial charge in [-0.2, -0.15) is 0 Å². The molecular weight excluding hydrogens is 399 g/mol. The molecule has 0 amide bonds. The van der Waals surface area contributed by atoms with E-state index < -0.39 is 0 Å². The molecule has 2 N–H and O–H groups in total. The third-order valence-electron chi connectivity index (χ3n) is 5.33. The van der Waals surface area contributed by atoms with E-state index in [0.717, 1.165) is 48.7 Å². The maximum Gasteiger partial charge on any atom is 0.191 e. The molecule has 31 heavy (non-hydrogen) atoms. The molecule has 0 saturated carbocycles. The minimum absolute atomic E-state index is 0.242. The van der Waals surface area contributed by atoms with Crippen LogP contribution in [-0.4, -0.2) is 58.4 Å². The Hall–Kier alpha value is -3.00. The molecule has 1 atom stereocenters. The predicted octanol–water partition coefficient (Wildman–Crippen LogP) is 2.79. The van der Waals surface area contributed by atoms with Crippen molar-refractivity contribution in [2.45, 2.75) is 25.6 Å². The Labute approximate surface area is 183 Å². The number of hydrogen-bond acceptors (Lipinski definition) is 5. The van der Waals surface area contributed by atoms with E-state index in [0.29, 0.717) is 12.5 Å². The molecule has 1 saturated heterocycles. The maximum absolute atomic E-state index is 13.9. The van der Waals surface area contributed by atoms with Gasteiger partial charge in [-0.1, -0.05) is 6.07 Å². The van der Waals surface area contributed by atoms with Crippen molar-refractivity contribution in [3.8, 4) is 17.2 Å². The van der Waals surface area contributed by atoms with Crippen molar-refractivity contribution in [3.05, 3.63) is 53.3 Å². The van der Waals surface area contributed by atoms with Gasteiger partial charge in [-0.15, -0.1) is 0 Å². The summed E-state index contributed by atoms with van der Waals surface area (Å²) < 4.78 is 29.6. The van der Waals surface area contributed by atoms with Crippen LogP contribution in [0.15, 0.2) is 41.4 Å². The highest BCUT2D eigenvalue weighted by molar-refractivity contribution is 5.80. The molecule has 0 spiro atoms. The maximum atomic E-state index is 13.9. The van der Waals surface area contributed by atoms with Gasteiger partial charge in [0.15, 0.2) is 17.5 Å². The van der Waals surface area contributed by atoms with E-state index in [1.54, 1.807) is 27.3 Å². The summed E-state index contributed by atoms with van der Waals surface area (Å²) in [6, 6.07) is 11.2. The molecule has 2 aromatic carbocycles. The summed E-state index contributed by atoms with van der Waals surface area (Å²) in [6.45, 7) is 3.18. The number of likely N-dealkylation sites (tertiary alicyclic amines) is 1. The van der Waals surface area contributed by atoms with Crippen LogP contribution < -0.4 is 24.8 Å². The van der Waals surface area contributed by atoms with Gasteiger partial charge in [-0.3, -0.25) is 9.89 Å². The molecule has 168 valence electrons. The average molecular weight is 431 g/mol. The molecule has 8 heteroatoms. The number of aliphatic imine (C=N–C) groups is 1. The molecule has 1 aliphatic rings. The van der Waals surface area contributed by atoms with E-state index in [1.165, 1.54) is 13.2 Å². The Kier molecular flexibility index (Phi) is 7.94. The Morgan fingerprint density at radius 2 is 1.81 bits per heavy atom. The number of benzene rings is 2. The summed E-state index contributed by atoms with van der Waals surface area (Å²) in [7, 11) is 6.51. The number of nitrogens with one attached hydrogen (secondary N) is 2.